The molecule has 1 aliphatic carbocycles. The molecule has 0 bridgehead atoms. The number of para-hydroxylation sites is 1. The number of benzene rings is 1. The van der Waals surface area contributed by atoms with Crippen LogP contribution in [0, 0.1) is 5.92 Å². The Morgan fingerprint density at radius 1 is 1.00 bits per heavy atom. The number of amides is 4. The molecule has 0 aromatic heterocycles. The van der Waals surface area contributed by atoms with E-state index in [1.807, 2.05) is 27.7 Å². The fourth-order valence-corrected chi connectivity index (χ4v) is 4.73. The van der Waals surface area contributed by atoms with Crippen LogP contribution in [0.2, 0.25) is 0 Å². The number of nitrogens with zero attached hydrogens (tertiary/aromatic N) is 2. The van der Waals surface area contributed by atoms with Gasteiger partial charge in [0.15, 0.2) is 5.75 Å². The first-order chi connectivity index (χ1) is 17.4. The van der Waals surface area contributed by atoms with Gasteiger partial charge in [0.2, 0.25) is 5.91 Å². The van der Waals surface area contributed by atoms with Crippen molar-refractivity contribution in [1.29, 1.82) is 0 Å². The molecule has 202 valence electrons. The Labute approximate surface area is 218 Å². The Bertz CT molecular complexity index is 1090. The Morgan fingerprint density at radius 3 is 2.19 bits per heavy atom. The number of nitrogens with one attached hydrogen (secondary N) is 3. The summed E-state index contributed by atoms with van der Waals surface area (Å²) in [6, 6.07) is 3.49. The zero-order chi connectivity index (χ0) is 27.4. The van der Waals surface area contributed by atoms with Crippen molar-refractivity contribution in [1.82, 2.24) is 20.4 Å². The molecule has 1 atom stereocenters. The maximum absolute atomic E-state index is 13.7. The summed E-state index contributed by atoms with van der Waals surface area (Å²) in [5.41, 5.74) is 0.101. The molecule has 0 spiro atoms. The monoisotopic (exact) mass is 513 g/mol. The first kappa shape index (κ1) is 28.0. The zero-order valence-corrected chi connectivity index (χ0v) is 22.6. The Morgan fingerprint density at radius 2 is 1.62 bits per heavy atom. The maximum atomic E-state index is 13.7. The second-order valence-corrected chi connectivity index (χ2v) is 10.6. The van der Waals surface area contributed by atoms with Gasteiger partial charge in [0.25, 0.3) is 17.7 Å². The van der Waals surface area contributed by atoms with Crippen molar-refractivity contribution in [2.75, 3.05) is 19.4 Å². The summed E-state index contributed by atoms with van der Waals surface area (Å²) in [4.78, 5) is 55.4. The van der Waals surface area contributed by atoms with Gasteiger partial charge in [0, 0.05) is 26.2 Å². The summed E-state index contributed by atoms with van der Waals surface area (Å²) in [6.07, 6.45) is 4.35. The number of imide groups is 1. The molecule has 1 aliphatic heterocycles. The first-order valence-corrected chi connectivity index (χ1v) is 12.9. The van der Waals surface area contributed by atoms with Crippen molar-refractivity contribution in [3.63, 3.8) is 0 Å². The van der Waals surface area contributed by atoms with E-state index in [1.54, 1.807) is 20.2 Å². The number of aromatic hydroxyl groups is 1. The lowest BCUT2D eigenvalue weighted by Crippen LogP contribution is -2.50. The van der Waals surface area contributed by atoms with Gasteiger partial charge >= 0.3 is 0 Å². The van der Waals surface area contributed by atoms with Crippen LogP contribution in [-0.2, 0) is 14.4 Å². The molecule has 2 aliphatic rings. The molecular formula is C27H39N5O5. The first-order valence-electron chi connectivity index (χ1n) is 12.9. The van der Waals surface area contributed by atoms with Gasteiger partial charge < -0.3 is 26.0 Å². The van der Waals surface area contributed by atoms with Crippen LogP contribution < -0.4 is 16.0 Å². The molecule has 1 fully saturated rings. The Hall–Kier alpha value is -3.56. The van der Waals surface area contributed by atoms with Gasteiger partial charge in [-0.3, -0.25) is 24.1 Å². The quantitative estimate of drug-likeness (QED) is 0.295. The van der Waals surface area contributed by atoms with Crippen LogP contribution in [0.15, 0.2) is 29.6 Å². The molecule has 3 rings (SSSR count). The molecule has 10 nitrogen and oxygen atoms in total. The van der Waals surface area contributed by atoms with E-state index in [0.29, 0.717) is 0 Å². The van der Waals surface area contributed by atoms with Crippen molar-refractivity contribution in [2.45, 2.75) is 77.9 Å². The predicted molar refractivity (Wildman–Crippen MR) is 141 cm³/mol. The van der Waals surface area contributed by atoms with Gasteiger partial charge in [-0.2, -0.15) is 0 Å². The minimum absolute atomic E-state index is 0.0167. The molecule has 4 N–H and O–H groups in total. The molecule has 1 aromatic rings. The van der Waals surface area contributed by atoms with E-state index >= 15 is 0 Å². The Balaban J connectivity index is 2.04. The highest BCUT2D eigenvalue weighted by Gasteiger charge is 2.44. The van der Waals surface area contributed by atoms with Crippen LogP contribution in [0.5, 0.6) is 5.75 Å². The SMILES string of the molecule is CC(C)NC(=O)[C@H](NC1=C(Nc2cccc(C(=O)N(C)C)c2O)C(=O)N(C2CCCCC2)C1=O)C(C)C. The predicted octanol–water partition coefficient (Wildman–Crippen LogP) is 2.56. The number of phenolic OH excluding ortho intramolecular Hbond substituents is 1. The lowest BCUT2D eigenvalue weighted by atomic mass is 9.94. The van der Waals surface area contributed by atoms with Gasteiger partial charge in [-0.25, -0.2) is 0 Å². The number of rotatable bonds is 9. The largest absolute Gasteiger partial charge is 0.505 e. The molecule has 37 heavy (non-hydrogen) atoms. The standard InChI is InChI=1S/C27H39N5O5/c1-15(2)20(24(34)28-16(3)4)30-22-21(26(36)32(27(22)37)17-11-8-7-9-12-17)29-19-14-10-13-18(23(19)33)25(35)31(5)6/h10,13-17,20,29-30,33H,7-9,11-12H2,1-6H3,(H,28,34)/t20-/m1/s1. The molecule has 0 unspecified atom stereocenters. The number of phenols is 1. The van der Waals surface area contributed by atoms with Gasteiger partial charge in [-0.15, -0.1) is 0 Å². The van der Waals surface area contributed by atoms with Crippen molar-refractivity contribution in [2.24, 2.45) is 5.92 Å². The van der Waals surface area contributed by atoms with Gasteiger partial charge in [-0.05, 0) is 44.7 Å². The summed E-state index contributed by atoms with van der Waals surface area (Å²) >= 11 is 0. The van der Waals surface area contributed by atoms with Crippen molar-refractivity contribution >= 4 is 29.3 Å². The third-order valence-corrected chi connectivity index (χ3v) is 6.67. The second-order valence-electron chi connectivity index (χ2n) is 10.6. The number of hydrogen-bond acceptors (Lipinski definition) is 7. The van der Waals surface area contributed by atoms with E-state index in [-0.39, 0.29) is 52.3 Å². The average Bonchev–Trinajstić information content (AvgIpc) is 3.06. The fraction of sp³-hybridized carbons (Fsp3) is 0.556. The lowest BCUT2D eigenvalue weighted by Gasteiger charge is -2.30. The third-order valence-electron chi connectivity index (χ3n) is 6.67. The third kappa shape index (κ3) is 6.06. The van der Waals surface area contributed by atoms with Gasteiger partial charge in [0.05, 0.1) is 11.3 Å². The normalized spacial score (nSPS) is 17.5. The molecule has 0 radical (unpaired) electrons. The average molecular weight is 514 g/mol. The molecule has 1 saturated carbocycles. The van der Waals surface area contributed by atoms with E-state index in [1.165, 1.54) is 21.9 Å². The smallest absolute Gasteiger partial charge is 0.279 e. The number of carbonyl (C=O) groups is 4. The van der Waals surface area contributed by atoms with Crippen LogP contribution in [0.4, 0.5) is 5.69 Å². The highest BCUT2D eigenvalue weighted by Crippen LogP contribution is 2.34. The van der Waals surface area contributed by atoms with Crippen LogP contribution in [-0.4, -0.2) is 70.8 Å². The minimum Gasteiger partial charge on any atom is -0.505 e. The highest BCUT2D eigenvalue weighted by molar-refractivity contribution is 6.20. The van der Waals surface area contributed by atoms with Crippen molar-refractivity contribution in [3.05, 3.63) is 35.2 Å². The van der Waals surface area contributed by atoms with E-state index in [2.05, 4.69) is 16.0 Å². The van der Waals surface area contributed by atoms with Crippen LogP contribution in [0.25, 0.3) is 0 Å². The molecule has 4 amide bonds. The van der Waals surface area contributed by atoms with E-state index in [9.17, 15) is 24.3 Å². The van der Waals surface area contributed by atoms with E-state index in [4.69, 9.17) is 0 Å². The van der Waals surface area contributed by atoms with Gasteiger partial charge in [0.1, 0.15) is 17.4 Å². The Kier molecular flexibility index (Phi) is 8.83. The fourth-order valence-electron chi connectivity index (χ4n) is 4.73. The maximum Gasteiger partial charge on any atom is 0.279 e. The van der Waals surface area contributed by atoms with Crippen molar-refractivity contribution in [3.8, 4) is 5.75 Å². The summed E-state index contributed by atoms with van der Waals surface area (Å²) in [5, 5.41) is 19.7. The summed E-state index contributed by atoms with van der Waals surface area (Å²) < 4.78 is 0. The zero-order valence-electron chi connectivity index (χ0n) is 22.6. The topological polar surface area (TPSA) is 131 Å². The second kappa shape index (κ2) is 11.7. The lowest BCUT2D eigenvalue weighted by molar-refractivity contribution is -0.141. The van der Waals surface area contributed by atoms with Gasteiger partial charge in [-0.1, -0.05) is 39.2 Å². The van der Waals surface area contributed by atoms with Crippen LogP contribution >= 0.6 is 0 Å². The summed E-state index contributed by atoms with van der Waals surface area (Å²) in [6.45, 7) is 7.41. The minimum atomic E-state index is -0.771. The summed E-state index contributed by atoms with van der Waals surface area (Å²) in [5.74, 6) is -2.22. The molecule has 10 heteroatoms. The number of hydrogen-bond donors (Lipinski definition) is 4. The molecule has 1 aromatic carbocycles. The molecule has 0 saturated heterocycles. The molecule has 1 heterocycles. The summed E-state index contributed by atoms with van der Waals surface area (Å²) in [7, 11) is 3.14. The van der Waals surface area contributed by atoms with Crippen LogP contribution in [0.3, 0.4) is 0 Å². The number of carbonyl (C=O) groups excluding carboxylic acids is 4. The number of anilines is 1. The van der Waals surface area contributed by atoms with E-state index < -0.39 is 23.8 Å². The van der Waals surface area contributed by atoms with Crippen molar-refractivity contribution < 1.29 is 24.3 Å². The van der Waals surface area contributed by atoms with Crippen LogP contribution in [0.1, 0.15) is 70.2 Å². The molecular weight excluding hydrogens is 474 g/mol. The van der Waals surface area contributed by atoms with E-state index in [0.717, 1.165) is 32.1 Å². The highest BCUT2D eigenvalue weighted by atomic mass is 16.3.